The van der Waals surface area contributed by atoms with E-state index in [1.165, 1.54) is 6.07 Å². The minimum atomic E-state index is -0.218. The van der Waals surface area contributed by atoms with Crippen LogP contribution in [-0.2, 0) is 17.6 Å². The van der Waals surface area contributed by atoms with Gasteiger partial charge in [-0.25, -0.2) is 4.39 Å². The Hall–Kier alpha value is -4.10. The SMILES string of the molecule is C=C/C=C\C.CC.O=C(CN1CCC(NC(=O)c2ccccc2)CC1)NC1CCc2cc(F)ccc2C1Cc1cccnc1. The number of amides is 2. The molecule has 6 nitrogen and oxygen atoms in total. The Bertz CT molecular complexity index is 1340. The average Bonchev–Trinajstić information content (AvgIpc) is 3.05. The van der Waals surface area contributed by atoms with Gasteiger partial charge in [-0.05, 0) is 86.1 Å². The maximum atomic E-state index is 13.9. The third-order valence-corrected chi connectivity index (χ3v) is 7.89. The number of fused-ring (bicyclic) bond motifs is 1. The molecule has 2 aliphatic rings. The summed E-state index contributed by atoms with van der Waals surface area (Å²) in [4.78, 5) is 31.9. The van der Waals surface area contributed by atoms with Crippen molar-refractivity contribution in [3.8, 4) is 0 Å². The van der Waals surface area contributed by atoms with Crippen molar-refractivity contribution >= 4 is 11.8 Å². The van der Waals surface area contributed by atoms with Crippen LogP contribution in [0.15, 0.2) is 97.9 Å². The van der Waals surface area contributed by atoms with Crippen molar-refractivity contribution in [1.29, 1.82) is 0 Å². The number of aromatic nitrogens is 1. The van der Waals surface area contributed by atoms with E-state index in [2.05, 4.69) is 27.1 Å². The van der Waals surface area contributed by atoms with E-state index in [0.29, 0.717) is 12.1 Å². The topological polar surface area (TPSA) is 74.3 Å². The van der Waals surface area contributed by atoms with Crippen molar-refractivity contribution < 1.29 is 14.0 Å². The summed E-state index contributed by atoms with van der Waals surface area (Å²) in [5.41, 5.74) is 3.90. The third-order valence-electron chi connectivity index (χ3n) is 7.89. The normalized spacial score (nSPS) is 18.1. The molecule has 2 heterocycles. The van der Waals surface area contributed by atoms with E-state index in [1.807, 2.05) is 87.7 Å². The molecular formula is C37H47FN4O2. The molecule has 1 aromatic heterocycles. The fourth-order valence-corrected chi connectivity index (χ4v) is 5.76. The van der Waals surface area contributed by atoms with Crippen LogP contribution in [0, 0.1) is 5.82 Å². The molecule has 1 fully saturated rings. The summed E-state index contributed by atoms with van der Waals surface area (Å²) in [5, 5.41) is 6.41. The number of rotatable bonds is 8. The summed E-state index contributed by atoms with van der Waals surface area (Å²) < 4.78 is 13.9. The van der Waals surface area contributed by atoms with Crippen molar-refractivity contribution in [1.82, 2.24) is 20.5 Å². The van der Waals surface area contributed by atoms with Gasteiger partial charge in [0.15, 0.2) is 0 Å². The van der Waals surface area contributed by atoms with Gasteiger partial charge >= 0.3 is 0 Å². The monoisotopic (exact) mass is 598 g/mol. The van der Waals surface area contributed by atoms with Gasteiger partial charge in [-0.3, -0.25) is 19.5 Å². The van der Waals surface area contributed by atoms with Crippen molar-refractivity contribution in [3.63, 3.8) is 0 Å². The van der Waals surface area contributed by atoms with E-state index < -0.39 is 0 Å². The van der Waals surface area contributed by atoms with E-state index >= 15 is 0 Å². The molecule has 234 valence electrons. The zero-order chi connectivity index (χ0) is 31.7. The van der Waals surface area contributed by atoms with E-state index in [0.717, 1.165) is 61.9 Å². The molecule has 1 saturated heterocycles. The summed E-state index contributed by atoms with van der Waals surface area (Å²) in [6.07, 6.45) is 13.1. The smallest absolute Gasteiger partial charge is 0.251 e. The van der Waals surface area contributed by atoms with Crippen LogP contribution in [0.5, 0.6) is 0 Å². The zero-order valence-corrected chi connectivity index (χ0v) is 26.3. The van der Waals surface area contributed by atoms with Crippen LogP contribution in [0.25, 0.3) is 0 Å². The number of allylic oxidation sites excluding steroid dienone is 3. The molecule has 1 aliphatic heterocycles. The quantitative estimate of drug-likeness (QED) is 0.285. The lowest BCUT2D eigenvalue weighted by Crippen LogP contribution is -2.50. The summed E-state index contributed by atoms with van der Waals surface area (Å²) in [7, 11) is 0. The van der Waals surface area contributed by atoms with Crippen molar-refractivity contribution in [2.45, 2.75) is 70.9 Å². The second-order valence-electron chi connectivity index (χ2n) is 10.9. The number of hydrogen-bond donors (Lipinski definition) is 2. The molecule has 0 saturated carbocycles. The first-order chi connectivity index (χ1) is 21.5. The summed E-state index contributed by atoms with van der Waals surface area (Å²) >= 11 is 0. The van der Waals surface area contributed by atoms with Gasteiger partial charge in [0, 0.05) is 49.0 Å². The Balaban J connectivity index is 0.000000688. The molecule has 44 heavy (non-hydrogen) atoms. The molecular weight excluding hydrogens is 551 g/mol. The van der Waals surface area contributed by atoms with Gasteiger partial charge in [0.05, 0.1) is 6.54 Å². The number of aryl methyl sites for hydroxylation is 1. The van der Waals surface area contributed by atoms with Crippen molar-refractivity contribution in [3.05, 3.63) is 126 Å². The van der Waals surface area contributed by atoms with E-state index in [9.17, 15) is 14.0 Å². The van der Waals surface area contributed by atoms with E-state index in [4.69, 9.17) is 0 Å². The lowest BCUT2D eigenvalue weighted by Gasteiger charge is -2.36. The number of hydrogen-bond acceptors (Lipinski definition) is 4. The largest absolute Gasteiger partial charge is 0.352 e. The Kier molecular flexibility index (Phi) is 14.5. The maximum absolute atomic E-state index is 13.9. The average molecular weight is 599 g/mol. The second kappa shape index (κ2) is 18.5. The van der Waals surface area contributed by atoms with Gasteiger partial charge in [-0.1, -0.05) is 69.0 Å². The first-order valence-corrected chi connectivity index (χ1v) is 15.8. The third kappa shape index (κ3) is 10.6. The standard InChI is InChI=1S/C30H33FN4O2.C5H8.C2H6/c31-24-9-10-26-23(18-24)8-11-28(27(26)17-21-5-4-14-32-19-21)34-29(36)20-35-15-12-25(13-16-35)33-30(37)22-6-2-1-3-7-22;1-3-5-4-2;1-2/h1-7,9-10,14,18-19,25,27-28H,8,11-13,15-17,20H2,(H,33,37)(H,34,36);3-5H,1H2,2H3;1-2H3/b;5-4-;. The van der Waals surface area contributed by atoms with E-state index in [1.54, 1.807) is 18.3 Å². The molecule has 1 aliphatic carbocycles. The van der Waals surface area contributed by atoms with Crippen LogP contribution in [0.2, 0.25) is 0 Å². The highest BCUT2D eigenvalue weighted by Gasteiger charge is 2.32. The van der Waals surface area contributed by atoms with Gasteiger partial charge < -0.3 is 10.6 Å². The lowest BCUT2D eigenvalue weighted by atomic mass is 9.76. The first kappa shape index (κ1) is 34.4. The molecule has 2 unspecified atom stereocenters. The molecule has 2 aromatic carbocycles. The number of benzene rings is 2. The number of likely N-dealkylation sites (tertiary alicyclic amines) is 1. The number of pyridine rings is 1. The van der Waals surface area contributed by atoms with Crippen LogP contribution >= 0.6 is 0 Å². The number of halogens is 1. The highest BCUT2D eigenvalue weighted by atomic mass is 19.1. The molecule has 0 radical (unpaired) electrons. The van der Waals surface area contributed by atoms with Crippen LogP contribution < -0.4 is 10.6 Å². The van der Waals surface area contributed by atoms with Crippen LogP contribution in [0.4, 0.5) is 4.39 Å². The Morgan fingerprint density at radius 1 is 1.02 bits per heavy atom. The predicted octanol–water partition coefficient (Wildman–Crippen LogP) is 6.65. The molecule has 3 aromatic rings. The van der Waals surface area contributed by atoms with Crippen molar-refractivity contribution in [2.75, 3.05) is 19.6 Å². The summed E-state index contributed by atoms with van der Waals surface area (Å²) in [6.45, 7) is 11.3. The minimum Gasteiger partial charge on any atom is -0.352 e. The molecule has 2 N–H and O–H groups in total. The molecule has 2 amide bonds. The number of piperidine rings is 1. The van der Waals surface area contributed by atoms with Crippen LogP contribution in [-0.4, -0.2) is 53.4 Å². The fraction of sp³-hybridized carbons (Fsp3) is 0.378. The fourth-order valence-electron chi connectivity index (χ4n) is 5.76. The summed E-state index contributed by atoms with van der Waals surface area (Å²) in [5.74, 6) is -0.186. The Morgan fingerprint density at radius 2 is 1.77 bits per heavy atom. The molecule has 0 bridgehead atoms. The number of nitrogens with zero attached hydrogens (tertiary/aromatic N) is 2. The highest BCUT2D eigenvalue weighted by Crippen LogP contribution is 2.35. The van der Waals surface area contributed by atoms with Gasteiger partial charge in [-0.15, -0.1) is 0 Å². The molecule has 2 atom stereocenters. The highest BCUT2D eigenvalue weighted by molar-refractivity contribution is 5.94. The van der Waals surface area contributed by atoms with Crippen LogP contribution in [0.1, 0.15) is 73.0 Å². The molecule has 0 spiro atoms. The predicted molar refractivity (Wildman–Crippen MR) is 177 cm³/mol. The zero-order valence-electron chi connectivity index (χ0n) is 26.3. The van der Waals surface area contributed by atoms with Gasteiger partial charge in [0.1, 0.15) is 5.82 Å². The first-order valence-electron chi connectivity index (χ1n) is 15.8. The minimum absolute atomic E-state index is 0.0125. The van der Waals surface area contributed by atoms with Gasteiger partial charge in [-0.2, -0.15) is 0 Å². The molecule has 7 heteroatoms. The van der Waals surface area contributed by atoms with Gasteiger partial charge in [0.25, 0.3) is 5.91 Å². The number of carbonyl (C=O) groups excluding carboxylic acids is 2. The van der Waals surface area contributed by atoms with Gasteiger partial charge in [0.2, 0.25) is 5.91 Å². The second-order valence-corrected chi connectivity index (χ2v) is 10.9. The van der Waals surface area contributed by atoms with Crippen LogP contribution in [0.3, 0.4) is 0 Å². The lowest BCUT2D eigenvalue weighted by molar-refractivity contribution is -0.123. The Morgan fingerprint density at radius 3 is 2.41 bits per heavy atom. The summed E-state index contributed by atoms with van der Waals surface area (Å²) in [6, 6.07) is 18.3. The maximum Gasteiger partial charge on any atom is 0.251 e. The number of nitrogens with one attached hydrogen (secondary N) is 2. The Labute approximate surface area is 262 Å². The number of carbonyl (C=O) groups is 2. The van der Waals surface area contributed by atoms with Crippen molar-refractivity contribution in [2.24, 2.45) is 0 Å². The van der Waals surface area contributed by atoms with E-state index in [-0.39, 0.29) is 35.6 Å². The molecule has 5 rings (SSSR count).